The fourth-order valence-corrected chi connectivity index (χ4v) is 5.69. The van der Waals surface area contributed by atoms with E-state index >= 15 is 0 Å². The van der Waals surface area contributed by atoms with Crippen molar-refractivity contribution in [3.63, 3.8) is 0 Å². The molecule has 0 atom stereocenters. The Balaban J connectivity index is 1.58. The van der Waals surface area contributed by atoms with Crippen molar-refractivity contribution in [1.29, 1.82) is 0 Å². The fraction of sp³-hybridized carbons (Fsp3) is 0. The van der Waals surface area contributed by atoms with Gasteiger partial charge in [0.05, 0.1) is 12.3 Å². The zero-order chi connectivity index (χ0) is 33.6. The average molecular weight is 506 g/mol. The second kappa shape index (κ2) is 8.72. The Morgan fingerprint density at radius 3 is 1.59 bits per heavy atom. The van der Waals surface area contributed by atoms with E-state index in [1.807, 2.05) is 91.0 Å². The second-order valence-electron chi connectivity index (χ2n) is 9.37. The van der Waals surface area contributed by atoms with Gasteiger partial charge in [0.2, 0.25) is 0 Å². The van der Waals surface area contributed by atoms with Crippen LogP contribution in [0.1, 0.15) is 12.3 Å². The first-order chi connectivity index (χ1) is 23.1. The summed E-state index contributed by atoms with van der Waals surface area (Å²) in [7, 11) is 0. The SMILES string of the molecule is [2H]c1c([2H])c([2H])c(-c2c([2H])c([2H])c([2H])c([2H])c2-c2c3ccccc3c(-c3cccc4c3oc3ccccc34)c3ccccc23)c([2H])c1[2H]. The van der Waals surface area contributed by atoms with Crippen LogP contribution >= 0.6 is 0 Å². The van der Waals surface area contributed by atoms with E-state index < -0.39 is 48.3 Å². The summed E-state index contributed by atoms with van der Waals surface area (Å²) in [6.45, 7) is 0. The molecule has 0 saturated carbocycles. The Hall–Kier alpha value is -5.14. The van der Waals surface area contributed by atoms with Crippen LogP contribution in [0, 0.1) is 0 Å². The lowest BCUT2D eigenvalue weighted by molar-refractivity contribution is 0.670. The lowest BCUT2D eigenvalue weighted by Gasteiger charge is -2.19. The van der Waals surface area contributed by atoms with Crippen molar-refractivity contribution < 1.29 is 16.8 Å². The van der Waals surface area contributed by atoms with Crippen LogP contribution in [0.15, 0.2) is 150 Å². The fourth-order valence-electron chi connectivity index (χ4n) is 5.69. The van der Waals surface area contributed by atoms with Crippen molar-refractivity contribution in [2.24, 2.45) is 0 Å². The highest BCUT2D eigenvalue weighted by Crippen LogP contribution is 2.47. The lowest BCUT2D eigenvalue weighted by atomic mass is 9.83. The third-order valence-electron chi connectivity index (χ3n) is 7.29. The number of furan rings is 1. The summed E-state index contributed by atoms with van der Waals surface area (Å²) >= 11 is 0. The summed E-state index contributed by atoms with van der Waals surface area (Å²) in [4.78, 5) is 0. The van der Waals surface area contributed by atoms with Crippen molar-refractivity contribution in [3.05, 3.63) is 145 Å². The summed E-state index contributed by atoms with van der Waals surface area (Å²) in [5.41, 5.74) is 3.28. The van der Waals surface area contributed by atoms with Crippen molar-refractivity contribution in [3.8, 4) is 33.4 Å². The molecule has 0 N–H and O–H groups in total. The smallest absolute Gasteiger partial charge is 0.143 e. The number of hydrogen-bond donors (Lipinski definition) is 0. The number of hydrogen-bond acceptors (Lipinski definition) is 1. The second-order valence-corrected chi connectivity index (χ2v) is 9.37. The van der Waals surface area contributed by atoms with Gasteiger partial charge < -0.3 is 4.42 Å². The summed E-state index contributed by atoms with van der Waals surface area (Å²) < 4.78 is 84.4. The third kappa shape index (κ3) is 3.34. The van der Waals surface area contributed by atoms with Crippen LogP contribution in [0.4, 0.5) is 0 Å². The van der Waals surface area contributed by atoms with Gasteiger partial charge in [-0.1, -0.05) is 139 Å². The first kappa shape index (κ1) is 14.7. The normalized spacial score (nSPS) is 14.8. The molecule has 182 valence electrons. The summed E-state index contributed by atoms with van der Waals surface area (Å²) in [5, 5.41) is 4.86. The largest absolute Gasteiger partial charge is 0.455 e. The van der Waals surface area contributed by atoms with E-state index in [-0.39, 0.29) is 22.7 Å². The molecule has 0 unspecified atom stereocenters. The topological polar surface area (TPSA) is 13.1 Å². The monoisotopic (exact) mass is 505 g/mol. The highest BCUT2D eigenvalue weighted by atomic mass is 16.3. The molecule has 0 saturated heterocycles. The maximum absolute atomic E-state index is 9.23. The van der Waals surface area contributed by atoms with Crippen molar-refractivity contribution in [2.75, 3.05) is 0 Å². The van der Waals surface area contributed by atoms with Crippen molar-refractivity contribution in [1.82, 2.24) is 0 Å². The number of para-hydroxylation sites is 2. The predicted octanol–water partition coefficient (Wildman–Crippen LogP) is 10.9. The summed E-state index contributed by atoms with van der Waals surface area (Å²) in [6.07, 6.45) is 0. The Morgan fingerprint density at radius 2 is 0.923 bits per heavy atom. The molecule has 1 aromatic heterocycles. The molecule has 1 nitrogen and oxygen atoms in total. The van der Waals surface area contributed by atoms with Gasteiger partial charge in [-0.25, -0.2) is 0 Å². The Bertz CT molecular complexity index is 2590. The van der Waals surface area contributed by atoms with E-state index in [1.54, 1.807) is 0 Å². The minimum Gasteiger partial charge on any atom is -0.455 e. The summed E-state index contributed by atoms with van der Waals surface area (Å²) in [5.74, 6) is 0. The molecule has 0 radical (unpaired) electrons. The van der Waals surface area contributed by atoms with Crippen molar-refractivity contribution in [2.45, 2.75) is 0 Å². The standard InChI is InChI=1S/C38H24O/c1-2-13-25(14-3-1)26-15-4-5-17-28(26)36-29-18-6-8-20-31(29)37(32-21-9-7-19-30(32)36)34-23-12-22-33-27-16-10-11-24-35(27)39-38(33)34/h1-24H/i1D,2D,3D,4D,5D,13D,14D,15D,17D. The third-order valence-corrected chi connectivity index (χ3v) is 7.29. The van der Waals surface area contributed by atoms with Gasteiger partial charge in [0.25, 0.3) is 0 Å². The van der Waals surface area contributed by atoms with Gasteiger partial charge in [0, 0.05) is 21.9 Å². The molecule has 0 amide bonds. The molecule has 0 fully saturated rings. The molecule has 8 aromatic rings. The van der Waals surface area contributed by atoms with E-state index in [9.17, 15) is 1.37 Å². The molecule has 7 aromatic carbocycles. The Morgan fingerprint density at radius 1 is 0.410 bits per heavy atom. The molecule has 39 heavy (non-hydrogen) atoms. The average Bonchev–Trinajstić information content (AvgIpc) is 3.50. The van der Waals surface area contributed by atoms with Gasteiger partial charge in [0.1, 0.15) is 11.2 Å². The van der Waals surface area contributed by atoms with Gasteiger partial charge in [-0.3, -0.25) is 0 Å². The highest BCUT2D eigenvalue weighted by Gasteiger charge is 2.21. The van der Waals surface area contributed by atoms with Crippen LogP contribution in [0.5, 0.6) is 0 Å². The maximum atomic E-state index is 9.23. The molecule has 1 heteroatoms. The van der Waals surface area contributed by atoms with Crippen LogP contribution < -0.4 is 0 Å². The molecular formula is C38H24O. The molecule has 0 aliphatic carbocycles. The minimum atomic E-state index is -0.589. The molecule has 1 heterocycles. The van der Waals surface area contributed by atoms with Gasteiger partial charge in [0.15, 0.2) is 0 Å². The first-order valence-electron chi connectivity index (χ1n) is 17.1. The molecule has 0 bridgehead atoms. The van der Waals surface area contributed by atoms with Crippen molar-refractivity contribution >= 4 is 43.5 Å². The van der Waals surface area contributed by atoms with Crippen LogP contribution in [0.25, 0.3) is 76.9 Å². The zero-order valence-corrected chi connectivity index (χ0v) is 20.6. The highest BCUT2D eigenvalue weighted by molar-refractivity contribution is 6.24. The minimum absolute atomic E-state index is 0.0560. The van der Waals surface area contributed by atoms with E-state index in [0.717, 1.165) is 38.3 Å². The zero-order valence-electron chi connectivity index (χ0n) is 29.6. The van der Waals surface area contributed by atoms with Crippen LogP contribution in [-0.2, 0) is 0 Å². The van der Waals surface area contributed by atoms with Gasteiger partial charge in [-0.15, -0.1) is 0 Å². The van der Waals surface area contributed by atoms with Gasteiger partial charge >= 0.3 is 0 Å². The van der Waals surface area contributed by atoms with Crippen LogP contribution in [0.3, 0.4) is 0 Å². The van der Waals surface area contributed by atoms with Crippen LogP contribution in [-0.4, -0.2) is 0 Å². The van der Waals surface area contributed by atoms with Gasteiger partial charge in [-0.05, 0) is 49.9 Å². The lowest BCUT2D eigenvalue weighted by Crippen LogP contribution is -1.92. The molecule has 0 aliphatic heterocycles. The number of fused-ring (bicyclic) bond motifs is 5. The van der Waals surface area contributed by atoms with E-state index in [1.165, 1.54) is 0 Å². The maximum Gasteiger partial charge on any atom is 0.143 e. The molecule has 8 rings (SSSR count). The molecular weight excluding hydrogens is 472 g/mol. The first-order valence-corrected chi connectivity index (χ1v) is 12.6. The van der Waals surface area contributed by atoms with E-state index in [0.29, 0.717) is 21.9 Å². The van der Waals surface area contributed by atoms with E-state index in [4.69, 9.17) is 15.4 Å². The molecule has 0 aliphatic rings. The Kier molecular flexibility index (Phi) is 3.29. The molecule has 0 spiro atoms. The summed E-state index contributed by atoms with van der Waals surface area (Å²) in [6, 6.07) is 24.3. The van der Waals surface area contributed by atoms with E-state index in [2.05, 4.69) is 0 Å². The number of rotatable bonds is 3. The van der Waals surface area contributed by atoms with Gasteiger partial charge in [-0.2, -0.15) is 0 Å². The Labute approximate surface area is 239 Å². The number of benzene rings is 7. The van der Waals surface area contributed by atoms with Crippen LogP contribution in [0.2, 0.25) is 0 Å². The quantitative estimate of drug-likeness (QED) is 0.218. The predicted molar refractivity (Wildman–Crippen MR) is 165 cm³/mol.